The van der Waals surface area contributed by atoms with Gasteiger partial charge in [-0.05, 0) is 31.5 Å². The highest BCUT2D eigenvalue weighted by Crippen LogP contribution is 2.32. The second-order valence-electron chi connectivity index (χ2n) is 4.84. The number of hydrogen-bond acceptors (Lipinski definition) is 5. The number of benzene rings is 1. The van der Waals surface area contributed by atoms with Crippen LogP contribution in [0.3, 0.4) is 0 Å². The molecule has 1 saturated heterocycles. The molecule has 1 aromatic heterocycles. The quantitative estimate of drug-likeness (QED) is 0.925. The van der Waals surface area contributed by atoms with Crippen LogP contribution in [0.15, 0.2) is 18.2 Å². The number of thiazole rings is 1. The Bertz CT molecular complexity index is 561. The SMILES string of the molecule is COc1ccc2nc(NC3(C)CCOC3)sc2c1. The Kier molecular flexibility index (Phi) is 2.87. The fraction of sp³-hybridized carbons (Fsp3) is 0.462. The Balaban J connectivity index is 1.88. The van der Waals surface area contributed by atoms with E-state index in [9.17, 15) is 0 Å². The molecule has 0 aliphatic carbocycles. The zero-order valence-electron chi connectivity index (χ0n) is 10.5. The second kappa shape index (κ2) is 4.40. The zero-order chi connectivity index (χ0) is 12.6. The number of aromatic nitrogens is 1. The van der Waals surface area contributed by atoms with Gasteiger partial charge in [0, 0.05) is 6.61 Å². The summed E-state index contributed by atoms with van der Waals surface area (Å²) in [7, 11) is 1.68. The van der Waals surface area contributed by atoms with Crippen molar-refractivity contribution in [3.8, 4) is 5.75 Å². The molecule has 18 heavy (non-hydrogen) atoms. The number of rotatable bonds is 3. The van der Waals surface area contributed by atoms with Gasteiger partial charge in [-0.3, -0.25) is 0 Å². The van der Waals surface area contributed by atoms with E-state index >= 15 is 0 Å². The van der Waals surface area contributed by atoms with Crippen LogP contribution < -0.4 is 10.1 Å². The van der Waals surface area contributed by atoms with Crippen molar-refractivity contribution in [2.75, 3.05) is 25.6 Å². The van der Waals surface area contributed by atoms with Gasteiger partial charge in [-0.2, -0.15) is 0 Å². The number of methoxy groups -OCH3 is 1. The first-order chi connectivity index (χ1) is 8.68. The lowest BCUT2D eigenvalue weighted by Gasteiger charge is -2.22. The molecular formula is C13H16N2O2S. The third kappa shape index (κ3) is 2.15. The van der Waals surface area contributed by atoms with E-state index in [1.807, 2.05) is 18.2 Å². The van der Waals surface area contributed by atoms with Crippen molar-refractivity contribution in [1.29, 1.82) is 0 Å². The van der Waals surface area contributed by atoms with Crippen LogP contribution >= 0.6 is 11.3 Å². The summed E-state index contributed by atoms with van der Waals surface area (Å²) in [5, 5.41) is 4.44. The highest BCUT2D eigenvalue weighted by Gasteiger charge is 2.30. The summed E-state index contributed by atoms with van der Waals surface area (Å²) in [6, 6.07) is 5.95. The summed E-state index contributed by atoms with van der Waals surface area (Å²) in [4.78, 5) is 4.59. The van der Waals surface area contributed by atoms with Gasteiger partial charge in [-0.25, -0.2) is 4.98 Å². The molecule has 1 atom stereocenters. The number of nitrogens with one attached hydrogen (secondary N) is 1. The molecule has 1 fully saturated rings. The van der Waals surface area contributed by atoms with Crippen LogP contribution in [-0.2, 0) is 4.74 Å². The van der Waals surface area contributed by atoms with Crippen LogP contribution in [0.1, 0.15) is 13.3 Å². The van der Waals surface area contributed by atoms with Crippen LogP contribution in [0.25, 0.3) is 10.2 Å². The highest BCUT2D eigenvalue weighted by atomic mass is 32.1. The lowest BCUT2D eigenvalue weighted by Crippen LogP contribution is -2.34. The molecule has 1 N–H and O–H groups in total. The molecule has 1 aliphatic rings. The third-order valence-electron chi connectivity index (χ3n) is 3.22. The predicted octanol–water partition coefficient (Wildman–Crippen LogP) is 2.90. The topological polar surface area (TPSA) is 43.4 Å². The van der Waals surface area contributed by atoms with Crippen molar-refractivity contribution in [1.82, 2.24) is 4.98 Å². The van der Waals surface area contributed by atoms with Crippen LogP contribution in [0.5, 0.6) is 5.75 Å². The molecule has 0 amide bonds. The third-order valence-corrected chi connectivity index (χ3v) is 4.16. The van der Waals surface area contributed by atoms with Crippen molar-refractivity contribution in [2.45, 2.75) is 18.9 Å². The summed E-state index contributed by atoms with van der Waals surface area (Å²) in [6.45, 7) is 3.74. The van der Waals surface area contributed by atoms with Crippen LogP contribution in [-0.4, -0.2) is 30.8 Å². The standard InChI is InChI=1S/C13H16N2O2S/c1-13(5-6-17-8-13)15-12-14-10-4-3-9(16-2)7-11(10)18-12/h3-4,7H,5-6,8H2,1-2H3,(H,14,15). The van der Waals surface area contributed by atoms with Gasteiger partial charge in [0.25, 0.3) is 0 Å². The van der Waals surface area contributed by atoms with Crippen LogP contribution in [0.2, 0.25) is 0 Å². The molecule has 0 spiro atoms. The average Bonchev–Trinajstić information content (AvgIpc) is 2.94. The maximum Gasteiger partial charge on any atom is 0.184 e. The number of nitrogens with zero attached hydrogens (tertiary/aromatic N) is 1. The monoisotopic (exact) mass is 264 g/mol. The van der Waals surface area contributed by atoms with Crippen molar-refractivity contribution in [3.05, 3.63) is 18.2 Å². The summed E-state index contributed by atoms with van der Waals surface area (Å²) >= 11 is 1.65. The molecule has 0 bridgehead atoms. The maximum atomic E-state index is 5.44. The van der Waals surface area contributed by atoms with Gasteiger partial charge in [0.05, 0.1) is 29.5 Å². The van der Waals surface area contributed by atoms with E-state index in [1.165, 1.54) is 0 Å². The Hall–Kier alpha value is -1.33. The first-order valence-electron chi connectivity index (χ1n) is 5.99. The van der Waals surface area contributed by atoms with Gasteiger partial charge >= 0.3 is 0 Å². The van der Waals surface area contributed by atoms with Crippen LogP contribution in [0, 0.1) is 0 Å². The molecule has 2 aromatic rings. The van der Waals surface area contributed by atoms with Gasteiger partial charge < -0.3 is 14.8 Å². The van der Waals surface area contributed by atoms with Gasteiger partial charge in [0.2, 0.25) is 0 Å². The molecule has 96 valence electrons. The molecule has 1 aliphatic heterocycles. The molecule has 0 saturated carbocycles. The first-order valence-corrected chi connectivity index (χ1v) is 6.81. The Morgan fingerprint density at radius 3 is 3.11 bits per heavy atom. The minimum absolute atomic E-state index is 0.0119. The Morgan fingerprint density at radius 2 is 2.39 bits per heavy atom. The molecule has 0 radical (unpaired) electrons. The van der Waals surface area contributed by atoms with E-state index in [0.29, 0.717) is 0 Å². The molecular weight excluding hydrogens is 248 g/mol. The summed E-state index contributed by atoms with van der Waals surface area (Å²) in [5.41, 5.74) is 1.02. The largest absolute Gasteiger partial charge is 0.497 e. The van der Waals surface area contributed by atoms with Crippen molar-refractivity contribution in [2.24, 2.45) is 0 Å². The minimum Gasteiger partial charge on any atom is -0.497 e. The second-order valence-corrected chi connectivity index (χ2v) is 5.87. The van der Waals surface area contributed by atoms with Crippen LogP contribution in [0.4, 0.5) is 5.13 Å². The number of fused-ring (bicyclic) bond motifs is 1. The van der Waals surface area contributed by atoms with E-state index in [2.05, 4.69) is 17.2 Å². The zero-order valence-corrected chi connectivity index (χ0v) is 11.3. The molecule has 5 heteroatoms. The molecule has 4 nitrogen and oxygen atoms in total. The van der Waals surface area contributed by atoms with E-state index in [1.54, 1.807) is 18.4 Å². The molecule has 1 aromatic carbocycles. The fourth-order valence-corrected chi connectivity index (χ4v) is 3.15. The van der Waals surface area contributed by atoms with Gasteiger partial charge in [-0.15, -0.1) is 0 Å². The van der Waals surface area contributed by atoms with E-state index in [-0.39, 0.29) is 5.54 Å². The summed E-state index contributed by atoms with van der Waals surface area (Å²) in [6.07, 6.45) is 1.02. The van der Waals surface area contributed by atoms with Gasteiger partial charge in [0.1, 0.15) is 5.75 Å². The molecule has 2 heterocycles. The number of hydrogen-bond donors (Lipinski definition) is 1. The Labute approximate surface area is 110 Å². The van der Waals surface area contributed by atoms with Gasteiger partial charge in [-0.1, -0.05) is 11.3 Å². The van der Waals surface area contributed by atoms with Crippen molar-refractivity contribution < 1.29 is 9.47 Å². The number of anilines is 1. The average molecular weight is 264 g/mol. The van der Waals surface area contributed by atoms with E-state index in [4.69, 9.17) is 9.47 Å². The van der Waals surface area contributed by atoms with Crippen molar-refractivity contribution in [3.63, 3.8) is 0 Å². The summed E-state index contributed by atoms with van der Waals surface area (Å²) in [5.74, 6) is 0.869. The first kappa shape index (κ1) is 11.7. The fourth-order valence-electron chi connectivity index (χ4n) is 2.11. The summed E-state index contributed by atoms with van der Waals surface area (Å²) < 4.78 is 11.8. The molecule has 1 unspecified atom stereocenters. The lowest BCUT2D eigenvalue weighted by molar-refractivity contribution is 0.185. The molecule has 3 rings (SSSR count). The number of ether oxygens (including phenoxy) is 2. The lowest BCUT2D eigenvalue weighted by atomic mass is 10.0. The van der Waals surface area contributed by atoms with E-state index < -0.39 is 0 Å². The van der Waals surface area contributed by atoms with E-state index in [0.717, 1.165) is 40.7 Å². The minimum atomic E-state index is 0.0119. The van der Waals surface area contributed by atoms with Gasteiger partial charge in [0.15, 0.2) is 5.13 Å². The Morgan fingerprint density at radius 1 is 1.50 bits per heavy atom. The maximum absolute atomic E-state index is 5.44. The highest BCUT2D eigenvalue weighted by molar-refractivity contribution is 7.22. The smallest absolute Gasteiger partial charge is 0.184 e. The van der Waals surface area contributed by atoms with Crippen molar-refractivity contribution >= 4 is 26.7 Å². The predicted molar refractivity (Wildman–Crippen MR) is 73.6 cm³/mol. The normalized spacial score (nSPS) is 23.4.